The number of alkyl carbamates (subject to hydrolysis) is 2. The Morgan fingerprint density at radius 3 is 1.89 bits per heavy atom. The minimum atomic E-state index is -0.983. The summed E-state index contributed by atoms with van der Waals surface area (Å²) >= 11 is 0. The molecule has 5 amide bonds. The van der Waals surface area contributed by atoms with Crippen LogP contribution in [0.3, 0.4) is 0 Å². The van der Waals surface area contributed by atoms with Gasteiger partial charge in [0.05, 0.1) is 31.3 Å². The number of hydrogen-bond acceptors (Lipinski definition) is 8. The predicted molar refractivity (Wildman–Crippen MR) is 211 cm³/mol. The van der Waals surface area contributed by atoms with Crippen LogP contribution in [0.4, 0.5) is 9.59 Å². The maximum Gasteiger partial charge on any atom is 0.407 e. The van der Waals surface area contributed by atoms with Gasteiger partial charge in [0.1, 0.15) is 23.9 Å². The third-order valence-electron chi connectivity index (χ3n) is 10.6. The number of H-pyrrole nitrogens is 1. The summed E-state index contributed by atoms with van der Waals surface area (Å²) in [5.74, 6) is -0.172. The van der Waals surface area contributed by atoms with E-state index < -0.39 is 30.3 Å². The summed E-state index contributed by atoms with van der Waals surface area (Å²) < 4.78 is 9.59. The lowest BCUT2D eigenvalue weighted by atomic mass is 10.0. The smallest absolute Gasteiger partial charge is 0.407 e. The van der Waals surface area contributed by atoms with Crippen molar-refractivity contribution in [2.75, 3.05) is 27.3 Å². The molecule has 2 fully saturated rings. The maximum absolute atomic E-state index is 13.9. The molecule has 0 spiro atoms. The first-order valence-corrected chi connectivity index (χ1v) is 19.0. The van der Waals surface area contributed by atoms with Crippen molar-refractivity contribution in [2.24, 2.45) is 0 Å². The highest BCUT2D eigenvalue weighted by Crippen LogP contribution is 2.35. The van der Waals surface area contributed by atoms with E-state index in [0.29, 0.717) is 42.9 Å². The van der Waals surface area contributed by atoms with Gasteiger partial charge in [-0.3, -0.25) is 14.4 Å². The highest BCUT2D eigenvalue weighted by atomic mass is 16.5. The van der Waals surface area contributed by atoms with Crippen molar-refractivity contribution in [1.82, 2.24) is 35.7 Å². The van der Waals surface area contributed by atoms with Gasteiger partial charge in [0, 0.05) is 19.6 Å². The van der Waals surface area contributed by atoms with E-state index in [4.69, 9.17) is 14.5 Å². The Morgan fingerprint density at radius 1 is 0.719 bits per heavy atom. The number of amides is 5. The summed E-state index contributed by atoms with van der Waals surface area (Å²) in [7, 11) is 2.51. The van der Waals surface area contributed by atoms with Gasteiger partial charge in [0.25, 0.3) is 11.8 Å². The van der Waals surface area contributed by atoms with Crippen molar-refractivity contribution in [3.05, 3.63) is 126 Å². The van der Waals surface area contributed by atoms with E-state index in [1.807, 2.05) is 66.7 Å². The zero-order valence-electron chi connectivity index (χ0n) is 31.8. The third kappa shape index (κ3) is 8.59. The van der Waals surface area contributed by atoms with E-state index >= 15 is 0 Å². The predicted octanol–water partition coefficient (Wildman–Crippen LogP) is 5.70. The third-order valence-corrected chi connectivity index (χ3v) is 10.6. The number of imidazole rings is 1. The van der Waals surface area contributed by atoms with Crippen LogP contribution in [0.1, 0.15) is 66.3 Å². The normalized spacial score (nSPS) is 17.4. The molecule has 2 saturated heterocycles. The highest BCUT2D eigenvalue weighted by molar-refractivity contribution is 5.92. The average Bonchev–Trinajstić information content (AvgIpc) is 4.04. The van der Waals surface area contributed by atoms with Crippen LogP contribution in [0.25, 0.3) is 22.2 Å². The van der Waals surface area contributed by atoms with Gasteiger partial charge in [-0.05, 0) is 65.6 Å². The molecular weight excluding hydrogens is 727 g/mol. The van der Waals surface area contributed by atoms with Gasteiger partial charge in [-0.1, -0.05) is 91.0 Å². The van der Waals surface area contributed by atoms with Crippen molar-refractivity contribution >= 4 is 40.9 Å². The summed E-state index contributed by atoms with van der Waals surface area (Å²) in [4.78, 5) is 77.0. The number of carbonyl (C=O) groups is 5. The van der Waals surface area contributed by atoms with Crippen molar-refractivity contribution in [3.8, 4) is 11.1 Å². The number of benzene rings is 4. The fourth-order valence-corrected chi connectivity index (χ4v) is 7.66. The second-order valence-corrected chi connectivity index (χ2v) is 14.1. The van der Waals surface area contributed by atoms with E-state index in [9.17, 15) is 24.0 Å². The highest BCUT2D eigenvalue weighted by Gasteiger charge is 2.39. The van der Waals surface area contributed by atoms with E-state index in [0.717, 1.165) is 40.6 Å². The fraction of sp³-hybridized carbons (Fsp3) is 0.302. The van der Waals surface area contributed by atoms with Gasteiger partial charge >= 0.3 is 12.2 Å². The molecule has 14 heteroatoms. The van der Waals surface area contributed by atoms with Crippen LogP contribution < -0.4 is 16.0 Å². The number of carbonyl (C=O) groups excluding carboxylic acids is 5. The molecule has 0 unspecified atom stereocenters. The minimum Gasteiger partial charge on any atom is -0.453 e. The van der Waals surface area contributed by atoms with Crippen LogP contribution in [-0.2, 0) is 30.4 Å². The first-order valence-electron chi connectivity index (χ1n) is 19.0. The SMILES string of the molecule is COC(=O)N[C@@H](C(=O)N1CCC[C@H]1C(=O)NCc1ccc(-c2ccc3nc([C@@H]4CCCN4C(=O)[C@H](NC(=O)OC)c4ccccc4)[nH]c3c2)cc1)c1ccccc1. The quantitative estimate of drug-likeness (QED) is 0.132. The second kappa shape index (κ2) is 17.4. The van der Waals surface area contributed by atoms with Crippen molar-refractivity contribution in [1.29, 1.82) is 0 Å². The van der Waals surface area contributed by atoms with Crippen LogP contribution in [-0.4, -0.2) is 83.0 Å². The average molecular weight is 772 g/mol. The lowest BCUT2D eigenvalue weighted by Crippen LogP contribution is -2.50. The van der Waals surface area contributed by atoms with Crippen molar-refractivity contribution in [2.45, 2.75) is 56.4 Å². The molecule has 5 aromatic rings. The Bertz CT molecular complexity index is 2230. The van der Waals surface area contributed by atoms with Crippen LogP contribution in [0, 0.1) is 0 Å². The summed E-state index contributed by atoms with van der Waals surface area (Å²) in [6.45, 7) is 1.21. The number of aromatic amines is 1. The zero-order valence-corrected chi connectivity index (χ0v) is 31.8. The van der Waals surface area contributed by atoms with Crippen LogP contribution in [0.2, 0.25) is 0 Å². The molecule has 3 heterocycles. The fourth-order valence-electron chi connectivity index (χ4n) is 7.66. The molecule has 0 bridgehead atoms. The molecule has 4 N–H and O–H groups in total. The molecule has 4 aromatic carbocycles. The Hall–Kier alpha value is -6.70. The number of likely N-dealkylation sites (tertiary alicyclic amines) is 2. The van der Waals surface area contributed by atoms with Gasteiger partial charge in [-0.25, -0.2) is 14.6 Å². The topological polar surface area (TPSA) is 175 Å². The van der Waals surface area contributed by atoms with Gasteiger partial charge in [0.15, 0.2) is 0 Å². The lowest BCUT2D eigenvalue weighted by Gasteiger charge is -2.28. The van der Waals surface area contributed by atoms with E-state index in [1.54, 1.807) is 41.3 Å². The van der Waals surface area contributed by atoms with Gasteiger partial charge in [-0.15, -0.1) is 0 Å². The molecule has 0 saturated carbocycles. The van der Waals surface area contributed by atoms with Crippen LogP contribution in [0.15, 0.2) is 103 Å². The minimum absolute atomic E-state index is 0.231. The number of ether oxygens (including phenoxy) is 2. The van der Waals surface area contributed by atoms with E-state index in [2.05, 4.69) is 20.9 Å². The first-order chi connectivity index (χ1) is 27.7. The maximum atomic E-state index is 13.9. The van der Waals surface area contributed by atoms with E-state index in [1.165, 1.54) is 19.1 Å². The number of aromatic nitrogens is 2. The van der Waals surface area contributed by atoms with Gasteiger partial charge in [-0.2, -0.15) is 0 Å². The van der Waals surface area contributed by atoms with Crippen LogP contribution in [0.5, 0.6) is 0 Å². The number of nitrogens with zero attached hydrogens (tertiary/aromatic N) is 3. The number of fused-ring (bicyclic) bond motifs is 1. The number of methoxy groups -OCH3 is 2. The van der Waals surface area contributed by atoms with Gasteiger partial charge < -0.3 is 40.2 Å². The molecule has 2 aliphatic rings. The largest absolute Gasteiger partial charge is 0.453 e. The molecule has 294 valence electrons. The molecule has 7 rings (SSSR count). The molecule has 2 aliphatic heterocycles. The first kappa shape index (κ1) is 38.6. The Balaban J connectivity index is 0.998. The molecule has 14 nitrogen and oxygen atoms in total. The molecular formula is C43H45N7O7. The number of rotatable bonds is 11. The number of nitrogens with one attached hydrogen (secondary N) is 4. The Kier molecular flexibility index (Phi) is 11.8. The Morgan fingerprint density at radius 2 is 1.28 bits per heavy atom. The standard InChI is InChI=1S/C43H45N7O7/c1-56-42(54)47-36(29-11-5-3-6-12-29)40(52)49-23-9-15-34(49)38-45-32-22-21-31(25-33(32)46-38)28-19-17-27(18-20-28)26-44-39(51)35-16-10-24-50(35)41(53)37(48-43(55)57-2)30-13-7-4-8-14-30/h3-8,11-14,17-22,25,34-37H,9-10,15-16,23-24,26H2,1-2H3,(H,44,51)(H,45,46)(H,47,54)(H,48,55)/t34-,35-,36+,37+/m0/s1. The molecule has 1 aromatic heterocycles. The van der Waals surface area contributed by atoms with E-state index in [-0.39, 0.29) is 30.3 Å². The Labute approximate surface area is 329 Å². The van der Waals surface area contributed by atoms with Crippen molar-refractivity contribution < 1.29 is 33.4 Å². The second-order valence-electron chi connectivity index (χ2n) is 14.1. The summed E-state index contributed by atoms with van der Waals surface area (Å²) in [5.41, 5.74) is 5.70. The lowest BCUT2D eigenvalue weighted by molar-refractivity contribution is -0.140. The molecule has 0 aliphatic carbocycles. The summed E-state index contributed by atoms with van der Waals surface area (Å²) in [5, 5.41) is 8.32. The monoisotopic (exact) mass is 771 g/mol. The van der Waals surface area contributed by atoms with Crippen LogP contribution >= 0.6 is 0 Å². The van der Waals surface area contributed by atoms with Gasteiger partial charge in [0.2, 0.25) is 5.91 Å². The van der Waals surface area contributed by atoms with Crippen molar-refractivity contribution in [3.63, 3.8) is 0 Å². The molecule has 4 atom stereocenters. The zero-order chi connectivity index (χ0) is 39.9. The summed E-state index contributed by atoms with van der Waals surface area (Å²) in [6.07, 6.45) is 1.29. The number of hydrogen-bond donors (Lipinski definition) is 4. The molecule has 0 radical (unpaired) electrons. The summed E-state index contributed by atoms with van der Waals surface area (Å²) in [6, 6.07) is 29.0. The molecule has 57 heavy (non-hydrogen) atoms.